The molecule has 0 bridgehead atoms. The minimum absolute atomic E-state index is 0.0991. The molecule has 4 rings (SSSR count). The molecule has 172 valence electrons. The van der Waals surface area contributed by atoms with Gasteiger partial charge < -0.3 is 9.73 Å². The molecule has 0 atom stereocenters. The van der Waals surface area contributed by atoms with E-state index in [9.17, 15) is 17.6 Å². The molecule has 0 fully saturated rings. The zero-order valence-corrected chi connectivity index (χ0v) is 19.6. The van der Waals surface area contributed by atoms with Gasteiger partial charge in [0.2, 0.25) is 0 Å². The fourth-order valence-corrected chi connectivity index (χ4v) is 4.67. The second kappa shape index (κ2) is 9.17. The van der Waals surface area contributed by atoms with E-state index in [1.165, 1.54) is 6.07 Å². The Morgan fingerprint density at radius 2 is 1.82 bits per heavy atom. The highest BCUT2D eigenvalue weighted by Gasteiger charge is 2.28. The number of amides is 1. The maximum absolute atomic E-state index is 13.1. The molecule has 7 nitrogen and oxygen atoms in total. The van der Waals surface area contributed by atoms with E-state index in [2.05, 4.69) is 15.2 Å². The van der Waals surface area contributed by atoms with Crippen molar-refractivity contribution in [3.63, 3.8) is 0 Å². The van der Waals surface area contributed by atoms with E-state index in [0.29, 0.717) is 57.6 Å². The number of benzene rings is 2. The number of hydrazone groups is 1. The van der Waals surface area contributed by atoms with E-state index >= 15 is 0 Å². The fraction of sp³-hybridized carbons (Fsp3) is 0.182. The molecule has 3 aromatic rings. The summed E-state index contributed by atoms with van der Waals surface area (Å²) in [4.78, 5) is 14.9. The van der Waals surface area contributed by atoms with Crippen LogP contribution in [-0.4, -0.2) is 20.0 Å². The maximum atomic E-state index is 13.1. The smallest absolute Gasteiger partial charge is 0.291 e. The van der Waals surface area contributed by atoms with Gasteiger partial charge >= 0.3 is 0 Å². The molecule has 0 aliphatic heterocycles. The first-order valence-corrected chi connectivity index (χ1v) is 12.1. The van der Waals surface area contributed by atoms with Crippen molar-refractivity contribution in [1.29, 1.82) is 0 Å². The van der Waals surface area contributed by atoms with Crippen LogP contribution in [-0.2, 0) is 16.4 Å². The number of hydrogen-bond donors (Lipinski definition) is 2. The number of aryl methyl sites for hydroxylation is 1. The van der Waals surface area contributed by atoms with Crippen LogP contribution in [0.5, 0.6) is 0 Å². The van der Waals surface area contributed by atoms with E-state index in [-0.39, 0.29) is 10.7 Å². The summed E-state index contributed by atoms with van der Waals surface area (Å²) in [5.74, 6) is -0.371. The lowest BCUT2D eigenvalue weighted by molar-refractivity contribution is 0.0994. The largest absolute Gasteiger partial charge is 0.455 e. The van der Waals surface area contributed by atoms with E-state index in [0.717, 1.165) is 24.3 Å². The first-order chi connectivity index (χ1) is 15.7. The van der Waals surface area contributed by atoms with E-state index < -0.39 is 21.7 Å². The zero-order valence-electron chi connectivity index (χ0n) is 17.3. The van der Waals surface area contributed by atoms with Crippen LogP contribution in [0.1, 0.15) is 40.3 Å². The van der Waals surface area contributed by atoms with Crippen LogP contribution < -0.4 is 10.1 Å². The standard InChI is InChI=1S/C22H18Cl2FN3O4S/c1-12-20-18(27-28-33(30,31)15-8-5-13(25)6-9-15)3-2-4-19(20)32-21(12)22(29)26-14-7-10-16(23)17(24)11-14/h5-11,28H,2-4H2,1H3,(H,26,29)/b27-18+. The number of halogens is 3. The van der Waals surface area contributed by atoms with E-state index in [1.54, 1.807) is 19.1 Å². The number of furan rings is 1. The molecule has 0 unspecified atom stereocenters. The predicted molar refractivity (Wildman–Crippen MR) is 124 cm³/mol. The fourth-order valence-electron chi connectivity index (χ4n) is 3.54. The molecule has 1 heterocycles. The Kier molecular flexibility index (Phi) is 6.47. The summed E-state index contributed by atoms with van der Waals surface area (Å²) in [7, 11) is -3.99. The van der Waals surface area contributed by atoms with Gasteiger partial charge in [0.05, 0.1) is 20.7 Å². The number of fused-ring (bicyclic) bond motifs is 1. The summed E-state index contributed by atoms with van der Waals surface area (Å²) in [6, 6.07) is 9.12. The molecular weight excluding hydrogens is 492 g/mol. The van der Waals surface area contributed by atoms with Gasteiger partial charge in [-0.05, 0) is 62.2 Å². The third-order valence-corrected chi connectivity index (χ3v) is 7.10. The lowest BCUT2D eigenvalue weighted by atomic mass is 9.93. The van der Waals surface area contributed by atoms with Crippen molar-refractivity contribution < 1.29 is 22.0 Å². The molecular formula is C22H18Cl2FN3O4S. The SMILES string of the molecule is Cc1c(C(=O)Nc2ccc(Cl)c(Cl)c2)oc2c1/C(=N/NS(=O)(=O)c1ccc(F)cc1)CCC2. The number of anilines is 1. The van der Waals surface area contributed by atoms with E-state index in [4.69, 9.17) is 27.6 Å². The van der Waals surface area contributed by atoms with Crippen LogP contribution in [0.2, 0.25) is 10.0 Å². The number of rotatable bonds is 5. The topological polar surface area (TPSA) is 101 Å². The third kappa shape index (κ3) is 4.90. The summed E-state index contributed by atoms with van der Waals surface area (Å²) in [5, 5.41) is 7.47. The van der Waals surface area contributed by atoms with Crippen LogP contribution in [0.4, 0.5) is 10.1 Å². The number of hydrogen-bond acceptors (Lipinski definition) is 5. The predicted octanol–water partition coefficient (Wildman–Crippen LogP) is 5.31. The van der Waals surface area contributed by atoms with Crippen molar-refractivity contribution in [2.45, 2.75) is 31.1 Å². The molecule has 0 radical (unpaired) electrons. The second-order valence-corrected chi connectivity index (χ2v) is 9.87. The lowest BCUT2D eigenvalue weighted by Gasteiger charge is -2.14. The Morgan fingerprint density at radius 1 is 1.09 bits per heavy atom. The van der Waals surface area contributed by atoms with Crippen molar-refractivity contribution >= 4 is 50.5 Å². The minimum Gasteiger partial charge on any atom is -0.455 e. The summed E-state index contributed by atoms with van der Waals surface area (Å²) >= 11 is 11.9. The minimum atomic E-state index is -3.99. The summed E-state index contributed by atoms with van der Waals surface area (Å²) in [6.07, 6.45) is 1.75. The highest BCUT2D eigenvalue weighted by molar-refractivity contribution is 7.89. The Balaban J connectivity index is 1.60. The Morgan fingerprint density at radius 3 is 2.52 bits per heavy atom. The Labute approximate surface area is 199 Å². The monoisotopic (exact) mass is 509 g/mol. The van der Waals surface area contributed by atoms with Gasteiger partial charge in [-0.2, -0.15) is 18.4 Å². The van der Waals surface area contributed by atoms with Crippen LogP contribution in [0.3, 0.4) is 0 Å². The van der Waals surface area contributed by atoms with Gasteiger partial charge in [-0.25, -0.2) is 4.39 Å². The second-order valence-electron chi connectivity index (χ2n) is 7.40. The third-order valence-electron chi connectivity index (χ3n) is 5.13. The molecule has 1 aromatic heterocycles. The Bertz CT molecular complexity index is 1370. The normalized spacial score (nSPS) is 14.7. The van der Waals surface area contributed by atoms with Crippen molar-refractivity contribution in [3.05, 3.63) is 81.0 Å². The molecule has 1 aliphatic rings. The van der Waals surface area contributed by atoms with Crippen LogP contribution >= 0.6 is 23.2 Å². The van der Waals surface area contributed by atoms with Crippen molar-refractivity contribution in [1.82, 2.24) is 4.83 Å². The number of sulfonamides is 1. The average Bonchev–Trinajstić information content (AvgIpc) is 3.12. The highest BCUT2D eigenvalue weighted by atomic mass is 35.5. The van der Waals surface area contributed by atoms with Crippen LogP contribution in [0.25, 0.3) is 0 Å². The van der Waals surface area contributed by atoms with Crippen LogP contribution in [0.15, 0.2) is 56.9 Å². The van der Waals surface area contributed by atoms with Gasteiger partial charge in [0.25, 0.3) is 15.9 Å². The van der Waals surface area contributed by atoms with Gasteiger partial charge in [0.1, 0.15) is 11.6 Å². The number of carbonyl (C=O) groups excluding carboxylic acids is 1. The first-order valence-electron chi connectivity index (χ1n) is 9.88. The molecule has 0 saturated carbocycles. The summed E-state index contributed by atoms with van der Waals surface area (Å²) in [5.41, 5.74) is 2.05. The maximum Gasteiger partial charge on any atom is 0.291 e. The van der Waals surface area contributed by atoms with Gasteiger partial charge in [0, 0.05) is 23.2 Å². The molecule has 33 heavy (non-hydrogen) atoms. The van der Waals surface area contributed by atoms with Gasteiger partial charge in [-0.3, -0.25) is 4.79 Å². The van der Waals surface area contributed by atoms with Gasteiger partial charge in [-0.1, -0.05) is 23.2 Å². The zero-order chi connectivity index (χ0) is 23.8. The quantitative estimate of drug-likeness (QED) is 0.455. The van der Waals surface area contributed by atoms with Gasteiger partial charge in [-0.15, -0.1) is 0 Å². The molecule has 1 aliphatic carbocycles. The molecule has 0 saturated heterocycles. The highest BCUT2D eigenvalue weighted by Crippen LogP contribution is 2.31. The van der Waals surface area contributed by atoms with Gasteiger partial charge in [0.15, 0.2) is 5.76 Å². The van der Waals surface area contributed by atoms with Crippen molar-refractivity contribution in [2.24, 2.45) is 5.10 Å². The molecule has 0 spiro atoms. The number of nitrogens with zero attached hydrogens (tertiary/aromatic N) is 1. The number of carbonyl (C=O) groups is 1. The van der Waals surface area contributed by atoms with Crippen molar-refractivity contribution in [3.8, 4) is 0 Å². The molecule has 2 aromatic carbocycles. The Hall–Kier alpha value is -2.88. The number of nitrogens with one attached hydrogen (secondary N) is 2. The lowest BCUT2D eigenvalue weighted by Crippen LogP contribution is -2.22. The summed E-state index contributed by atoms with van der Waals surface area (Å²) in [6.45, 7) is 1.71. The summed E-state index contributed by atoms with van der Waals surface area (Å²) < 4.78 is 43.9. The average molecular weight is 510 g/mol. The molecule has 1 amide bonds. The van der Waals surface area contributed by atoms with Crippen LogP contribution in [0, 0.1) is 12.7 Å². The first kappa shape index (κ1) is 23.3. The molecule has 2 N–H and O–H groups in total. The van der Waals surface area contributed by atoms with E-state index in [1.807, 2.05) is 0 Å². The van der Waals surface area contributed by atoms with Crippen molar-refractivity contribution in [2.75, 3.05) is 5.32 Å². The molecule has 11 heteroatoms.